The summed E-state index contributed by atoms with van der Waals surface area (Å²) in [5.41, 5.74) is 4.80. The highest BCUT2D eigenvalue weighted by Gasteiger charge is 2.33. The Labute approximate surface area is 182 Å². The SMILES string of the molecule is Cc1c(C2CC2)nc2c(c1NC(=O)N=S(N)(=O)c1cnn3c1OCC(C)(C)C3)CCC2. The molecule has 1 aliphatic heterocycles. The van der Waals surface area contributed by atoms with Crippen LogP contribution in [0.2, 0.25) is 0 Å². The zero-order chi connectivity index (χ0) is 22.0. The number of ether oxygens (including phenoxy) is 1. The van der Waals surface area contributed by atoms with E-state index in [-0.39, 0.29) is 10.3 Å². The molecule has 2 aliphatic carbocycles. The van der Waals surface area contributed by atoms with Gasteiger partial charge in [-0.05, 0) is 50.2 Å². The van der Waals surface area contributed by atoms with Crippen molar-refractivity contribution in [1.82, 2.24) is 14.8 Å². The molecule has 9 nitrogen and oxygen atoms in total. The quantitative estimate of drug-likeness (QED) is 0.751. The Kier molecular flexibility index (Phi) is 4.63. The number of carbonyl (C=O) groups excluding carboxylic acids is 1. The monoisotopic (exact) mass is 444 g/mol. The topological polar surface area (TPSA) is 124 Å². The van der Waals surface area contributed by atoms with Crippen LogP contribution in [0, 0.1) is 12.3 Å². The number of urea groups is 1. The largest absolute Gasteiger partial charge is 0.476 e. The number of nitrogens with two attached hydrogens (primary N) is 1. The van der Waals surface area contributed by atoms with E-state index in [0.29, 0.717) is 24.9 Å². The molecule has 0 bridgehead atoms. The van der Waals surface area contributed by atoms with Crippen molar-refractivity contribution in [3.8, 4) is 5.88 Å². The van der Waals surface area contributed by atoms with Gasteiger partial charge in [-0.2, -0.15) is 5.10 Å². The van der Waals surface area contributed by atoms with Crippen molar-refractivity contribution in [3.05, 3.63) is 28.7 Å². The van der Waals surface area contributed by atoms with Crippen LogP contribution in [0.4, 0.5) is 10.5 Å². The number of aromatic nitrogens is 3. The number of rotatable bonds is 3. The lowest BCUT2D eigenvalue weighted by molar-refractivity contribution is 0.0972. The van der Waals surface area contributed by atoms with Gasteiger partial charge in [0.25, 0.3) is 0 Å². The first-order valence-electron chi connectivity index (χ1n) is 10.7. The molecule has 2 aromatic rings. The Morgan fingerprint density at radius 2 is 2.16 bits per heavy atom. The van der Waals surface area contributed by atoms with Gasteiger partial charge < -0.3 is 10.1 Å². The average Bonchev–Trinajstić information content (AvgIpc) is 3.26. The molecule has 1 atom stereocenters. The van der Waals surface area contributed by atoms with Crippen molar-refractivity contribution < 1.29 is 13.7 Å². The molecular formula is C21H28N6O3S. The van der Waals surface area contributed by atoms with E-state index in [1.54, 1.807) is 4.68 Å². The minimum atomic E-state index is -3.52. The molecule has 1 unspecified atom stereocenters. The molecule has 1 saturated carbocycles. The van der Waals surface area contributed by atoms with E-state index in [2.05, 4.69) is 28.6 Å². The van der Waals surface area contributed by atoms with E-state index in [1.165, 1.54) is 6.20 Å². The fourth-order valence-corrected chi connectivity index (χ4v) is 5.46. The summed E-state index contributed by atoms with van der Waals surface area (Å²) in [6.45, 7) is 7.15. The van der Waals surface area contributed by atoms with Crippen molar-refractivity contribution in [2.45, 2.75) is 70.2 Å². The molecule has 3 N–H and O–H groups in total. The Bertz CT molecular complexity index is 1200. The maximum absolute atomic E-state index is 13.2. The second kappa shape index (κ2) is 7.03. The highest BCUT2D eigenvalue weighted by Crippen LogP contribution is 2.44. The normalized spacial score (nSPS) is 20.9. The number of nitrogens with zero attached hydrogens (tertiary/aromatic N) is 4. The summed E-state index contributed by atoms with van der Waals surface area (Å²) in [4.78, 5) is 17.8. The first kappa shape index (κ1) is 20.4. The molecule has 10 heteroatoms. The molecule has 2 amide bonds. The second-order valence-electron chi connectivity index (χ2n) is 9.56. The number of nitrogens with one attached hydrogen (secondary N) is 1. The number of anilines is 1. The Morgan fingerprint density at radius 1 is 1.39 bits per heavy atom. The van der Waals surface area contributed by atoms with E-state index in [0.717, 1.165) is 60.3 Å². The smallest absolute Gasteiger partial charge is 0.354 e. The molecular weight excluding hydrogens is 416 g/mol. The summed E-state index contributed by atoms with van der Waals surface area (Å²) in [6.07, 6.45) is 6.44. The highest BCUT2D eigenvalue weighted by molar-refractivity contribution is 7.91. The maximum atomic E-state index is 13.2. The lowest BCUT2D eigenvalue weighted by atomic mass is 9.94. The molecule has 3 aliphatic rings. The summed E-state index contributed by atoms with van der Waals surface area (Å²) < 4.78 is 24.4. The summed E-state index contributed by atoms with van der Waals surface area (Å²) in [6, 6.07) is -0.728. The van der Waals surface area contributed by atoms with Crippen LogP contribution in [0.25, 0.3) is 0 Å². The average molecular weight is 445 g/mol. The van der Waals surface area contributed by atoms with Crippen molar-refractivity contribution in [2.75, 3.05) is 11.9 Å². The van der Waals surface area contributed by atoms with Gasteiger partial charge >= 0.3 is 6.03 Å². The van der Waals surface area contributed by atoms with Crippen molar-refractivity contribution in [1.29, 1.82) is 0 Å². The number of amides is 2. The van der Waals surface area contributed by atoms with E-state index in [1.807, 2.05) is 6.92 Å². The molecule has 5 rings (SSSR count). The van der Waals surface area contributed by atoms with Gasteiger partial charge in [0.1, 0.15) is 4.90 Å². The standard InChI is InChI=1S/C21H28N6O3S/c1-12-17(13-7-8-13)24-15-6-4-5-14(15)18(12)25-20(28)26-31(22,29)16-9-23-27-10-21(2,3)11-30-19(16)27/h9,13H,4-8,10-11H2,1-3H3,(H3,22,24,25,26,28,29). The van der Waals surface area contributed by atoms with Gasteiger partial charge in [0.05, 0.1) is 25.0 Å². The summed E-state index contributed by atoms with van der Waals surface area (Å²) in [5.74, 6) is 0.790. The van der Waals surface area contributed by atoms with E-state index >= 15 is 0 Å². The molecule has 0 saturated heterocycles. The van der Waals surface area contributed by atoms with Crippen molar-refractivity contribution >= 4 is 21.6 Å². The fourth-order valence-electron chi connectivity index (χ4n) is 4.46. The fraction of sp³-hybridized carbons (Fsp3) is 0.571. The second-order valence-corrected chi connectivity index (χ2v) is 11.3. The molecule has 2 aromatic heterocycles. The maximum Gasteiger partial charge on any atom is 0.354 e. The number of pyridine rings is 1. The Morgan fingerprint density at radius 3 is 2.90 bits per heavy atom. The molecule has 0 spiro atoms. The van der Waals surface area contributed by atoms with Gasteiger partial charge in [-0.1, -0.05) is 13.8 Å². The van der Waals surface area contributed by atoms with Crippen LogP contribution in [0.5, 0.6) is 5.88 Å². The van der Waals surface area contributed by atoms with Gasteiger partial charge in [0.15, 0.2) is 9.92 Å². The zero-order valence-corrected chi connectivity index (χ0v) is 18.9. The summed E-state index contributed by atoms with van der Waals surface area (Å²) in [7, 11) is -3.52. The lowest BCUT2D eigenvalue weighted by Crippen LogP contribution is -2.33. The van der Waals surface area contributed by atoms with Gasteiger partial charge in [0.2, 0.25) is 5.88 Å². The first-order valence-corrected chi connectivity index (χ1v) is 12.3. The van der Waals surface area contributed by atoms with Crippen LogP contribution in [0.1, 0.15) is 61.5 Å². The molecule has 31 heavy (non-hydrogen) atoms. The number of aryl methyl sites for hydroxylation is 1. The number of fused-ring (bicyclic) bond motifs is 2. The number of hydrogen-bond donors (Lipinski definition) is 2. The minimum Gasteiger partial charge on any atom is -0.476 e. The van der Waals surface area contributed by atoms with Crippen LogP contribution < -0.4 is 15.2 Å². The highest BCUT2D eigenvalue weighted by atomic mass is 32.2. The van der Waals surface area contributed by atoms with Crippen LogP contribution in [-0.2, 0) is 29.3 Å². The van der Waals surface area contributed by atoms with Gasteiger partial charge in [-0.25, -0.2) is 18.8 Å². The Balaban J connectivity index is 1.46. The number of hydrogen-bond acceptors (Lipinski definition) is 5. The van der Waals surface area contributed by atoms with E-state index in [9.17, 15) is 9.00 Å². The van der Waals surface area contributed by atoms with Crippen molar-refractivity contribution in [2.24, 2.45) is 14.9 Å². The number of carbonyl (C=O) groups is 1. The van der Waals surface area contributed by atoms with Gasteiger partial charge in [0, 0.05) is 22.7 Å². The van der Waals surface area contributed by atoms with E-state index in [4.69, 9.17) is 14.9 Å². The third-order valence-corrected chi connectivity index (χ3v) is 7.52. The molecule has 0 aromatic carbocycles. The van der Waals surface area contributed by atoms with Crippen molar-refractivity contribution in [3.63, 3.8) is 0 Å². The predicted molar refractivity (Wildman–Crippen MR) is 117 cm³/mol. The van der Waals surface area contributed by atoms with Gasteiger partial charge in [-0.3, -0.25) is 4.98 Å². The molecule has 1 fully saturated rings. The van der Waals surface area contributed by atoms with Crippen LogP contribution >= 0.6 is 0 Å². The van der Waals surface area contributed by atoms with E-state index < -0.39 is 15.9 Å². The van der Waals surface area contributed by atoms with Crippen LogP contribution in [-0.4, -0.2) is 31.6 Å². The minimum absolute atomic E-state index is 0.0984. The van der Waals surface area contributed by atoms with Gasteiger partial charge in [-0.15, -0.1) is 4.36 Å². The third-order valence-electron chi connectivity index (χ3n) is 6.17. The molecule has 0 radical (unpaired) electrons. The first-order chi connectivity index (χ1) is 14.6. The Hall–Kier alpha value is -2.46. The van der Waals surface area contributed by atoms with Crippen LogP contribution in [0.15, 0.2) is 15.5 Å². The molecule has 3 heterocycles. The van der Waals surface area contributed by atoms with Crippen LogP contribution in [0.3, 0.4) is 0 Å². The lowest BCUT2D eigenvalue weighted by Gasteiger charge is -2.30. The zero-order valence-electron chi connectivity index (χ0n) is 18.1. The predicted octanol–water partition coefficient (Wildman–Crippen LogP) is 3.30. The summed E-state index contributed by atoms with van der Waals surface area (Å²) >= 11 is 0. The third kappa shape index (κ3) is 3.71. The molecule has 166 valence electrons. The summed E-state index contributed by atoms with van der Waals surface area (Å²) in [5, 5.41) is 13.1.